The van der Waals surface area contributed by atoms with E-state index in [1.165, 1.54) is 0 Å². The van der Waals surface area contributed by atoms with E-state index in [0.29, 0.717) is 25.3 Å². The first-order valence-electron chi connectivity index (χ1n) is 9.20. The molecule has 0 spiro atoms. The van der Waals surface area contributed by atoms with Crippen molar-refractivity contribution in [1.82, 2.24) is 16.0 Å². The van der Waals surface area contributed by atoms with Crippen molar-refractivity contribution in [1.29, 1.82) is 0 Å². The van der Waals surface area contributed by atoms with Crippen LogP contribution in [-0.2, 0) is 15.8 Å². The number of rotatable bonds is 5. The molecule has 4 unspecified atom stereocenters. The number of amides is 3. The number of nitrogens with one attached hydrogen (secondary N) is 3. The summed E-state index contributed by atoms with van der Waals surface area (Å²) in [5.41, 5.74) is -1.28. The molecule has 30 heavy (non-hydrogen) atoms. The SMILES string of the molecule is CC(=O)C(N=Nc1cc(C(F)(F)F)ccc1Cl)C(=O)NC1CCC2NC(=O)NC2C1. The minimum Gasteiger partial charge on any atom is -0.351 e. The molecule has 12 heteroatoms. The van der Waals surface area contributed by atoms with Gasteiger partial charge in [-0.1, -0.05) is 11.6 Å². The van der Waals surface area contributed by atoms with Crippen LogP contribution < -0.4 is 16.0 Å². The molecule has 0 radical (unpaired) electrons. The monoisotopic (exact) mass is 445 g/mol. The van der Waals surface area contributed by atoms with Gasteiger partial charge in [0.25, 0.3) is 5.91 Å². The molecule has 2 fully saturated rings. The van der Waals surface area contributed by atoms with E-state index in [2.05, 4.69) is 26.2 Å². The average Bonchev–Trinajstić information content (AvgIpc) is 3.01. The van der Waals surface area contributed by atoms with Gasteiger partial charge in [-0.2, -0.15) is 23.4 Å². The zero-order valence-electron chi connectivity index (χ0n) is 15.8. The number of hydrogen-bond acceptors (Lipinski definition) is 5. The molecule has 4 atom stereocenters. The predicted octanol–water partition coefficient (Wildman–Crippen LogP) is 3.12. The van der Waals surface area contributed by atoms with Crippen LogP contribution in [0.25, 0.3) is 0 Å². The molecule has 0 bridgehead atoms. The molecule has 1 heterocycles. The normalized spacial score (nSPS) is 24.7. The van der Waals surface area contributed by atoms with Gasteiger partial charge in [-0.25, -0.2) is 4.79 Å². The van der Waals surface area contributed by atoms with Gasteiger partial charge in [0, 0.05) is 6.04 Å². The summed E-state index contributed by atoms with van der Waals surface area (Å²) in [6.07, 6.45) is -2.87. The molecule has 1 saturated heterocycles. The molecule has 1 aliphatic carbocycles. The number of alkyl halides is 3. The van der Waals surface area contributed by atoms with Gasteiger partial charge < -0.3 is 16.0 Å². The maximum absolute atomic E-state index is 12.9. The third kappa shape index (κ3) is 5.07. The van der Waals surface area contributed by atoms with Crippen molar-refractivity contribution in [3.63, 3.8) is 0 Å². The number of fused-ring (bicyclic) bond motifs is 1. The van der Waals surface area contributed by atoms with Gasteiger partial charge in [-0.3, -0.25) is 9.59 Å². The van der Waals surface area contributed by atoms with Gasteiger partial charge in [0.15, 0.2) is 5.78 Å². The first-order chi connectivity index (χ1) is 14.0. The van der Waals surface area contributed by atoms with Crippen molar-refractivity contribution in [3.05, 3.63) is 28.8 Å². The number of carbonyl (C=O) groups is 3. The molecule has 162 valence electrons. The first kappa shape index (κ1) is 22.0. The molecule has 3 rings (SSSR count). The Morgan fingerprint density at radius 3 is 2.60 bits per heavy atom. The Hall–Kier alpha value is -2.69. The fraction of sp³-hybridized carbons (Fsp3) is 0.500. The number of urea groups is 1. The highest BCUT2D eigenvalue weighted by atomic mass is 35.5. The largest absolute Gasteiger partial charge is 0.416 e. The van der Waals surface area contributed by atoms with Crippen molar-refractivity contribution < 1.29 is 27.6 Å². The van der Waals surface area contributed by atoms with Crippen LogP contribution in [0.3, 0.4) is 0 Å². The maximum atomic E-state index is 12.9. The second kappa shape index (κ2) is 8.58. The molecule has 0 aromatic heterocycles. The van der Waals surface area contributed by atoms with E-state index in [4.69, 9.17) is 11.6 Å². The van der Waals surface area contributed by atoms with Crippen LogP contribution in [0.15, 0.2) is 28.4 Å². The number of Topliss-reactive ketones (excluding diaryl/α,β-unsaturated/α-hetero) is 1. The van der Waals surface area contributed by atoms with E-state index < -0.39 is 29.5 Å². The van der Waals surface area contributed by atoms with E-state index in [-0.39, 0.29) is 34.9 Å². The Kier molecular flexibility index (Phi) is 6.30. The second-order valence-corrected chi connectivity index (χ2v) is 7.65. The molecule has 1 saturated carbocycles. The van der Waals surface area contributed by atoms with Crippen molar-refractivity contribution in [3.8, 4) is 0 Å². The van der Waals surface area contributed by atoms with Crippen molar-refractivity contribution >= 4 is 35.0 Å². The zero-order chi connectivity index (χ0) is 22.1. The lowest BCUT2D eigenvalue weighted by atomic mass is 9.87. The lowest BCUT2D eigenvalue weighted by Gasteiger charge is -2.31. The van der Waals surface area contributed by atoms with Gasteiger partial charge >= 0.3 is 12.2 Å². The van der Waals surface area contributed by atoms with Crippen LogP contribution in [0.4, 0.5) is 23.7 Å². The predicted molar refractivity (Wildman–Crippen MR) is 100 cm³/mol. The summed E-state index contributed by atoms with van der Waals surface area (Å²) in [4.78, 5) is 35.8. The summed E-state index contributed by atoms with van der Waals surface area (Å²) in [5, 5.41) is 15.4. The first-order valence-corrected chi connectivity index (χ1v) is 9.58. The molecule has 8 nitrogen and oxygen atoms in total. The highest BCUT2D eigenvalue weighted by Crippen LogP contribution is 2.35. The number of benzene rings is 1. The van der Waals surface area contributed by atoms with Gasteiger partial charge in [0.05, 0.1) is 22.7 Å². The van der Waals surface area contributed by atoms with Crippen molar-refractivity contribution in [2.24, 2.45) is 10.2 Å². The highest BCUT2D eigenvalue weighted by Gasteiger charge is 2.38. The Labute approximate surface area is 174 Å². The second-order valence-electron chi connectivity index (χ2n) is 7.24. The Morgan fingerprint density at radius 1 is 1.23 bits per heavy atom. The van der Waals surface area contributed by atoms with Crippen molar-refractivity contribution in [2.75, 3.05) is 0 Å². The number of nitrogens with zero attached hydrogens (tertiary/aromatic N) is 2. The molecule has 2 aliphatic rings. The van der Waals surface area contributed by atoms with Crippen LogP contribution in [-0.4, -0.2) is 41.9 Å². The standard InChI is InChI=1S/C18H19ClF3N5O3/c1-8(28)15(27-26-13-6-9(18(20,21)22)2-4-11(13)19)16(29)23-10-3-5-12-14(7-10)25-17(30)24-12/h2,4,6,10,12,14-15H,3,5,7H2,1H3,(H,23,29)(H2,24,25,30). The fourth-order valence-electron chi connectivity index (χ4n) is 3.50. The number of hydrogen-bond donors (Lipinski definition) is 3. The van der Waals surface area contributed by atoms with E-state index in [9.17, 15) is 27.6 Å². The van der Waals surface area contributed by atoms with E-state index in [0.717, 1.165) is 19.1 Å². The summed E-state index contributed by atoms with van der Waals surface area (Å²) in [6.45, 7) is 1.13. The van der Waals surface area contributed by atoms with E-state index in [1.54, 1.807) is 0 Å². The Morgan fingerprint density at radius 2 is 1.93 bits per heavy atom. The topological polar surface area (TPSA) is 112 Å². The summed E-state index contributed by atoms with van der Waals surface area (Å²) < 4.78 is 38.6. The summed E-state index contributed by atoms with van der Waals surface area (Å²) >= 11 is 5.86. The zero-order valence-corrected chi connectivity index (χ0v) is 16.5. The smallest absolute Gasteiger partial charge is 0.351 e. The third-order valence-electron chi connectivity index (χ3n) is 5.02. The van der Waals surface area contributed by atoms with Gasteiger partial charge in [-0.15, -0.1) is 0 Å². The number of ketones is 1. The molecule has 1 aliphatic heterocycles. The Bertz CT molecular complexity index is 892. The van der Waals surface area contributed by atoms with Crippen LogP contribution in [0, 0.1) is 0 Å². The molecule has 3 amide bonds. The number of halogens is 4. The summed E-state index contributed by atoms with van der Waals surface area (Å²) in [7, 11) is 0. The van der Waals surface area contributed by atoms with E-state index >= 15 is 0 Å². The minimum atomic E-state index is -4.60. The average molecular weight is 446 g/mol. The third-order valence-corrected chi connectivity index (χ3v) is 5.34. The lowest BCUT2D eigenvalue weighted by Crippen LogP contribution is -2.50. The fourth-order valence-corrected chi connectivity index (χ4v) is 3.65. The lowest BCUT2D eigenvalue weighted by molar-refractivity contribution is -0.137. The molecular weight excluding hydrogens is 427 g/mol. The molecule has 1 aromatic rings. The molecule has 3 N–H and O–H groups in total. The summed E-state index contributed by atoms with van der Waals surface area (Å²) in [5.74, 6) is -1.33. The van der Waals surface area contributed by atoms with E-state index in [1.807, 2.05) is 0 Å². The van der Waals surface area contributed by atoms with Gasteiger partial charge in [0.2, 0.25) is 6.04 Å². The molecular formula is C18H19ClF3N5O3. The van der Waals surface area contributed by atoms with Gasteiger partial charge in [0.1, 0.15) is 5.69 Å². The number of azo groups is 1. The van der Waals surface area contributed by atoms with Crippen LogP contribution >= 0.6 is 11.6 Å². The van der Waals surface area contributed by atoms with Crippen LogP contribution in [0.1, 0.15) is 31.7 Å². The van der Waals surface area contributed by atoms with Crippen LogP contribution in [0.5, 0.6) is 0 Å². The maximum Gasteiger partial charge on any atom is 0.416 e. The van der Waals surface area contributed by atoms with Crippen molar-refractivity contribution in [2.45, 2.75) is 56.5 Å². The highest BCUT2D eigenvalue weighted by molar-refractivity contribution is 6.33. The quantitative estimate of drug-likeness (QED) is 0.478. The number of carbonyl (C=O) groups excluding carboxylic acids is 3. The van der Waals surface area contributed by atoms with Crippen LogP contribution in [0.2, 0.25) is 5.02 Å². The summed E-state index contributed by atoms with van der Waals surface area (Å²) in [6, 6.07) is 0.309. The Balaban J connectivity index is 1.69. The minimum absolute atomic E-state index is 0.00278. The van der Waals surface area contributed by atoms with Gasteiger partial charge in [-0.05, 0) is 44.4 Å². The molecule has 1 aromatic carbocycles.